The highest BCUT2D eigenvalue weighted by Gasteiger charge is 2.18. The molecule has 0 saturated carbocycles. The predicted molar refractivity (Wildman–Crippen MR) is 91.6 cm³/mol. The van der Waals surface area contributed by atoms with Crippen molar-refractivity contribution in [1.29, 1.82) is 0 Å². The lowest BCUT2D eigenvalue weighted by Gasteiger charge is -2.08. The first-order valence-electron chi connectivity index (χ1n) is 7.67. The number of hydrogen-bond donors (Lipinski definition) is 1. The van der Waals surface area contributed by atoms with E-state index in [1.165, 1.54) is 22.3 Å². The SMILES string of the molecule is Cc1cccc(C(=O)Nc2ccc3c(c2)Cc2ccccc2-3)n1. The van der Waals surface area contributed by atoms with E-state index >= 15 is 0 Å². The van der Waals surface area contributed by atoms with Crippen LogP contribution in [0.4, 0.5) is 5.69 Å². The molecule has 1 heterocycles. The molecule has 1 aliphatic carbocycles. The molecule has 1 aliphatic rings. The molecule has 0 radical (unpaired) electrons. The second-order valence-electron chi connectivity index (χ2n) is 5.82. The molecule has 112 valence electrons. The summed E-state index contributed by atoms with van der Waals surface area (Å²) in [5.74, 6) is -0.177. The zero-order chi connectivity index (χ0) is 15.8. The van der Waals surface area contributed by atoms with Crippen molar-refractivity contribution in [1.82, 2.24) is 4.98 Å². The molecule has 0 atom stereocenters. The maximum Gasteiger partial charge on any atom is 0.274 e. The molecule has 3 heteroatoms. The molecule has 3 nitrogen and oxygen atoms in total. The summed E-state index contributed by atoms with van der Waals surface area (Å²) < 4.78 is 0. The Labute approximate surface area is 135 Å². The molecule has 1 aromatic heterocycles. The topological polar surface area (TPSA) is 42.0 Å². The molecule has 0 saturated heterocycles. The third-order valence-electron chi connectivity index (χ3n) is 4.17. The minimum atomic E-state index is -0.177. The van der Waals surface area contributed by atoms with E-state index in [4.69, 9.17) is 0 Å². The standard InChI is InChI=1S/C20H16N2O/c1-13-5-4-8-19(21-13)20(23)22-16-9-10-18-15(12-16)11-14-6-2-3-7-17(14)18/h2-10,12H,11H2,1H3,(H,22,23). The molecule has 3 aromatic rings. The molecule has 1 N–H and O–H groups in total. The van der Waals surface area contributed by atoms with Crippen molar-refractivity contribution in [2.75, 3.05) is 5.32 Å². The van der Waals surface area contributed by atoms with Gasteiger partial charge in [-0.3, -0.25) is 4.79 Å². The fourth-order valence-electron chi connectivity index (χ4n) is 3.09. The number of carbonyl (C=O) groups excluding carboxylic acids is 1. The van der Waals surface area contributed by atoms with Gasteiger partial charge >= 0.3 is 0 Å². The van der Waals surface area contributed by atoms with Gasteiger partial charge in [0.05, 0.1) is 0 Å². The molecular weight excluding hydrogens is 284 g/mol. The van der Waals surface area contributed by atoms with Gasteiger partial charge < -0.3 is 5.32 Å². The number of fused-ring (bicyclic) bond motifs is 3. The molecule has 0 bridgehead atoms. The zero-order valence-corrected chi connectivity index (χ0v) is 12.8. The van der Waals surface area contributed by atoms with Crippen molar-refractivity contribution in [2.45, 2.75) is 13.3 Å². The lowest BCUT2D eigenvalue weighted by molar-refractivity contribution is 0.102. The molecular formula is C20H16N2O. The number of nitrogens with one attached hydrogen (secondary N) is 1. The summed E-state index contributed by atoms with van der Waals surface area (Å²) >= 11 is 0. The summed E-state index contributed by atoms with van der Waals surface area (Å²) in [6.07, 6.45) is 0.915. The van der Waals surface area contributed by atoms with Crippen LogP contribution in [0.2, 0.25) is 0 Å². The maximum atomic E-state index is 12.3. The van der Waals surface area contributed by atoms with Gasteiger partial charge in [0.2, 0.25) is 0 Å². The Balaban J connectivity index is 1.60. The van der Waals surface area contributed by atoms with Crippen molar-refractivity contribution >= 4 is 11.6 Å². The van der Waals surface area contributed by atoms with Crippen LogP contribution in [0.3, 0.4) is 0 Å². The number of hydrogen-bond acceptors (Lipinski definition) is 2. The van der Waals surface area contributed by atoms with Crippen LogP contribution in [0.15, 0.2) is 60.7 Å². The first-order valence-corrected chi connectivity index (χ1v) is 7.67. The number of anilines is 1. The average Bonchev–Trinajstić information content (AvgIpc) is 2.92. The number of aryl methyl sites for hydroxylation is 1. The zero-order valence-electron chi connectivity index (χ0n) is 12.8. The van der Waals surface area contributed by atoms with Crippen molar-refractivity contribution in [3.05, 3.63) is 83.2 Å². The smallest absolute Gasteiger partial charge is 0.274 e. The van der Waals surface area contributed by atoms with Gasteiger partial charge in [-0.2, -0.15) is 0 Å². The lowest BCUT2D eigenvalue weighted by Crippen LogP contribution is -2.14. The monoisotopic (exact) mass is 300 g/mol. The van der Waals surface area contributed by atoms with Crippen LogP contribution in [0, 0.1) is 6.92 Å². The first kappa shape index (κ1) is 13.7. The summed E-state index contributed by atoms with van der Waals surface area (Å²) in [7, 11) is 0. The van der Waals surface area contributed by atoms with E-state index in [1.54, 1.807) is 6.07 Å². The Morgan fingerprint density at radius 2 is 1.78 bits per heavy atom. The summed E-state index contributed by atoms with van der Waals surface area (Å²) in [6.45, 7) is 1.88. The molecule has 0 spiro atoms. The van der Waals surface area contributed by atoms with E-state index in [9.17, 15) is 4.79 Å². The van der Waals surface area contributed by atoms with E-state index in [2.05, 4.69) is 46.7 Å². The number of rotatable bonds is 2. The second kappa shape index (κ2) is 5.36. The minimum Gasteiger partial charge on any atom is -0.321 e. The summed E-state index contributed by atoms with van der Waals surface area (Å²) in [4.78, 5) is 16.6. The molecule has 0 unspecified atom stereocenters. The number of pyridine rings is 1. The van der Waals surface area contributed by atoms with Gasteiger partial charge in [0, 0.05) is 11.4 Å². The summed E-state index contributed by atoms with van der Waals surface area (Å²) in [5.41, 5.74) is 7.22. The first-order chi connectivity index (χ1) is 11.2. The summed E-state index contributed by atoms with van der Waals surface area (Å²) in [5, 5.41) is 2.94. The van der Waals surface area contributed by atoms with Gasteiger partial charge in [-0.1, -0.05) is 36.4 Å². The van der Waals surface area contributed by atoms with Gasteiger partial charge in [-0.05, 0) is 59.9 Å². The second-order valence-corrected chi connectivity index (χ2v) is 5.82. The third-order valence-corrected chi connectivity index (χ3v) is 4.17. The van der Waals surface area contributed by atoms with Crippen LogP contribution in [0.1, 0.15) is 27.3 Å². The highest BCUT2D eigenvalue weighted by atomic mass is 16.1. The Bertz CT molecular complexity index is 915. The molecule has 4 rings (SSSR count). The highest BCUT2D eigenvalue weighted by Crippen LogP contribution is 2.37. The van der Waals surface area contributed by atoms with Crippen LogP contribution >= 0.6 is 0 Å². The normalized spacial score (nSPS) is 11.7. The molecule has 23 heavy (non-hydrogen) atoms. The van der Waals surface area contributed by atoms with E-state index < -0.39 is 0 Å². The summed E-state index contributed by atoms with van der Waals surface area (Å²) in [6, 6.07) is 20.0. The highest BCUT2D eigenvalue weighted by molar-refractivity contribution is 6.03. The van der Waals surface area contributed by atoms with E-state index in [-0.39, 0.29) is 5.91 Å². The number of amides is 1. The van der Waals surface area contributed by atoms with Gasteiger partial charge in [0.15, 0.2) is 0 Å². The van der Waals surface area contributed by atoms with Crippen LogP contribution in [0.25, 0.3) is 11.1 Å². The third kappa shape index (κ3) is 2.50. The van der Waals surface area contributed by atoms with Gasteiger partial charge in [0.1, 0.15) is 5.69 Å². The van der Waals surface area contributed by atoms with E-state index in [1.807, 2.05) is 25.1 Å². The Morgan fingerprint density at radius 3 is 2.65 bits per heavy atom. The van der Waals surface area contributed by atoms with Crippen LogP contribution in [-0.4, -0.2) is 10.9 Å². The number of benzene rings is 2. The number of nitrogens with zero attached hydrogens (tertiary/aromatic N) is 1. The molecule has 2 aromatic carbocycles. The van der Waals surface area contributed by atoms with Gasteiger partial charge in [0.25, 0.3) is 5.91 Å². The van der Waals surface area contributed by atoms with Crippen molar-refractivity contribution in [2.24, 2.45) is 0 Å². The van der Waals surface area contributed by atoms with Crippen molar-refractivity contribution in [3.63, 3.8) is 0 Å². The van der Waals surface area contributed by atoms with Crippen LogP contribution < -0.4 is 5.32 Å². The Hall–Kier alpha value is -2.94. The maximum absolute atomic E-state index is 12.3. The molecule has 1 amide bonds. The Morgan fingerprint density at radius 1 is 0.957 bits per heavy atom. The van der Waals surface area contributed by atoms with Crippen molar-refractivity contribution < 1.29 is 4.79 Å². The minimum absolute atomic E-state index is 0.177. The lowest BCUT2D eigenvalue weighted by atomic mass is 10.1. The fraction of sp³-hybridized carbons (Fsp3) is 0.100. The fourth-order valence-corrected chi connectivity index (χ4v) is 3.09. The quantitative estimate of drug-likeness (QED) is 0.602. The average molecular weight is 300 g/mol. The van der Waals surface area contributed by atoms with Crippen molar-refractivity contribution in [3.8, 4) is 11.1 Å². The number of carbonyl (C=O) groups is 1. The molecule has 0 fully saturated rings. The number of aromatic nitrogens is 1. The molecule has 0 aliphatic heterocycles. The van der Waals surface area contributed by atoms with Crippen LogP contribution in [0.5, 0.6) is 0 Å². The van der Waals surface area contributed by atoms with Gasteiger partial charge in [-0.25, -0.2) is 4.98 Å². The predicted octanol–water partition coefficient (Wildman–Crippen LogP) is 4.21. The largest absolute Gasteiger partial charge is 0.321 e. The van der Waals surface area contributed by atoms with E-state index in [0.29, 0.717) is 5.69 Å². The van der Waals surface area contributed by atoms with Gasteiger partial charge in [-0.15, -0.1) is 0 Å². The Kier molecular flexibility index (Phi) is 3.19. The van der Waals surface area contributed by atoms with Crippen LogP contribution in [-0.2, 0) is 6.42 Å². The van der Waals surface area contributed by atoms with E-state index in [0.717, 1.165) is 17.8 Å².